The van der Waals surface area contributed by atoms with Crippen molar-refractivity contribution in [2.75, 3.05) is 0 Å². The van der Waals surface area contributed by atoms with Crippen LogP contribution in [-0.2, 0) is 37.3 Å². The fourth-order valence-corrected chi connectivity index (χ4v) is 8.13. The smallest absolute Gasteiger partial charge is 0.148 e. The van der Waals surface area contributed by atoms with E-state index in [0.29, 0.717) is 61.5 Å². The Balaban J connectivity index is 0.00000880. The van der Waals surface area contributed by atoms with Gasteiger partial charge in [0.2, 0.25) is 0 Å². The second-order valence-electron chi connectivity index (χ2n) is 18.5. The van der Waals surface area contributed by atoms with Crippen LogP contribution in [0.1, 0.15) is 106 Å². The van der Waals surface area contributed by atoms with Gasteiger partial charge in [-0.05, 0) is 97.9 Å². The number of fused-ring (bicyclic) bond motifs is 1. The fraction of sp³-hybridized carbons (Fsp3) is 0.213. The molecule has 0 amide bonds. The van der Waals surface area contributed by atoms with Crippen LogP contribution in [0.15, 0.2) is 164 Å². The molecule has 0 bridgehead atoms. The number of aryl methyl sites for hydroxylation is 1. The fourth-order valence-electron chi connectivity index (χ4n) is 8.13. The van der Waals surface area contributed by atoms with Gasteiger partial charge in [0.05, 0.1) is 22.1 Å². The van der Waals surface area contributed by atoms with Crippen LogP contribution in [0.25, 0.3) is 83.9 Å². The minimum atomic E-state index is -3.84. The summed E-state index contributed by atoms with van der Waals surface area (Å²) in [5.41, 5.74) is 2.04. The van der Waals surface area contributed by atoms with Crippen LogP contribution in [0.2, 0.25) is 0 Å². The second-order valence-corrected chi connectivity index (χ2v) is 18.5. The Bertz CT molecular complexity index is 3840. The number of phenols is 1. The summed E-state index contributed by atoms with van der Waals surface area (Å²) in [6, 6.07) is 39.9. The van der Waals surface area contributed by atoms with Gasteiger partial charge in [0.1, 0.15) is 11.6 Å². The molecule has 7 aromatic carbocycles. The number of pyridine rings is 1. The van der Waals surface area contributed by atoms with Gasteiger partial charge in [-0.15, -0.1) is 23.8 Å². The molecule has 0 spiro atoms. The number of nitrogens with zero attached hydrogens (tertiary/aromatic N) is 3. The predicted octanol–water partition coefficient (Wildman–Crippen LogP) is 16.1. The minimum absolute atomic E-state index is 0. The summed E-state index contributed by atoms with van der Waals surface area (Å²) in [7, 11) is 0. The summed E-state index contributed by atoms with van der Waals surface area (Å²) in [6.45, 7) is -1.71. The Labute approximate surface area is 428 Å². The van der Waals surface area contributed by atoms with Gasteiger partial charge < -0.3 is 5.11 Å². The third-order valence-electron chi connectivity index (χ3n) is 11.6. The zero-order chi connectivity index (χ0) is 59.3. The molecule has 0 fully saturated rings. The maximum absolute atomic E-state index is 12.5. The number of para-hydroxylation sites is 1. The van der Waals surface area contributed by atoms with Gasteiger partial charge in [0, 0.05) is 60.7 Å². The Kier molecular flexibility index (Phi) is 8.10. The number of hydrogen-bond donors (Lipinski definition) is 1. The third kappa shape index (κ3) is 9.22. The van der Waals surface area contributed by atoms with Crippen molar-refractivity contribution < 1.29 is 48.1 Å². The summed E-state index contributed by atoms with van der Waals surface area (Å²) < 4.78 is 139. The van der Waals surface area contributed by atoms with Crippen LogP contribution in [0, 0.1) is 12.9 Å². The Morgan fingerprint density at radius 1 is 0.576 bits per heavy atom. The van der Waals surface area contributed by atoms with Crippen molar-refractivity contribution in [2.24, 2.45) is 0 Å². The van der Waals surface area contributed by atoms with Crippen molar-refractivity contribution in [3.8, 4) is 78.6 Å². The Morgan fingerprint density at radius 2 is 1.24 bits per heavy atom. The first-order valence-corrected chi connectivity index (χ1v) is 21.4. The standard InChI is InChI=1S/C61H58N3O.Pt/c1-39-30-44(40-18-13-11-14-19-40)35-50(31-39)64-55-23-17-22-51(56(55)63-58(64)52-37-49(60(5,6)7)38-53(57(52)65)61(8,9)10)46-32-45(41-20-15-12-16-21-41)33-47(34-46)54-36-43(28-29-62-54)42-24-26-48(27-25-42)59(2,3)4;/h11-33,35-38,65H,1-10H3;/q-1;/i1D3,2D3,3D3,4D3,24D,25D,26D,27D;. The van der Waals surface area contributed by atoms with Gasteiger partial charge in [-0.25, -0.2) is 4.98 Å². The van der Waals surface area contributed by atoms with E-state index in [1.54, 1.807) is 12.1 Å². The average molecular weight is 1060 g/mol. The zero-order valence-electron chi connectivity index (χ0n) is 53.4. The van der Waals surface area contributed by atoms with Crippen molar-refractivity contribution in [3.63, 3.8) is 0 Å². The summed E-state index contributed by atoms with van der Waals surface area (Å²) in [4.78, 5) is 10.1. The molecule has 0 saturated heterocycles. The molecule has 9 aromatic rings. The van der Waals surface area contributed by atoms with E-state index in [-0.39, 0.29) is 54.6 Å². The molecule has 0 aliphatic heterocycles. The monoisotopic (exact) mass is 1060 g/mol. The van der Waals surface area contributed by atoms with E-state index < -0.39 is 68.0 Å². The van der Waals surface area contributed by atoms with Gasteiger partial charge in [-0.3, -0.25) is 9.55 Å². The number of imidazole rings is 1. The summed E-state index contributed by atoms with van der Waals surface area (Å²) in [6.07, 6.45) is 1.38. The minimum Gasteiger partial charge on any atom is -0.507 e. The van der Waals surface area contributed by atoms with E-state index in [1.165, 1.54) is 18.3 Å². The predicted molar refractivity (Wildman–Crippen MR) is 273 cm³/mol. The molecule has 4 nitrogen and oxygen atoms in total. The SMILES string of the molecule is [2H]c1c([2H])c(C(C([2H])([2H])[2H])(C([2H])([2H])[2H])C([2H])([2H])[2H])c([2H])c([2H])c1-c1ccnc(-c2[c-]c(-c3cccc4c3nc(-c3cc(C(C)(C)C)cc(C(C)(C)C)c3O)n4-c3cc(-c4ccccc4)cc(C([2H])([2H])[2H])c3)cc(-c3ccccc3)c2)c1.[Pt]. The van der Waals surface area contributed by atoms with Gasteiger partial charge in [-0.1, -0.05) is 194 Å². The maximum atomic E-state index is 12.5. The quantitative estimate of drug-likeness (QED) is 0.162. The number of phenolic OH excluding ortho intramolecular Hbond substituents is 1. The third-order valence-corrected chi connectivity index (χ3v) is 11.6. The van der Waals surface area contributed by atoms with Gasteiger partial charge in [-0.2, -0.15) is 0 Å². The van der Waals surface area contributed by atoms with E-state index in [9.17, 15) is 5.11 Å². The van der Waals surface area contributed by atoms with Crippen LogP contribution in [0.5, 0.6) is 5.75 Å². The second kappa shape index (κ2) is 17.8. The van der Waals surface area contributed by atoms with E-state index in [0.717, 1.165) is 16.7 Å². The molecule has 0 aliphatic rings. The van der Waals surface area contributed by atoms with E-state index in [2.05, 4.69) is 31.8 Å². The van der Waals surface area contributed by atoms with Crippen LogP contribution in [0.3, 0.4) is 0 Å². The molecular formula is C61H58N3OPt-. The number of benzene rings is 7. The molecule has 66 heavy (non-hydrogen) atoms. The molecule has 9 rings (SSSR count). The molecule has 0 saturated carbocycles. The topological polar surface area (TPSA) is 50.9 Å². The van der Waals surface area contributed by atoms with Crippen molar-refractivity contribution >= 4 is 11.0 Å². The van der Waals surface area contributed by atoms with Crippen LogP contribution in [0.4, 0.5) is 0 Å². The van der Waals surface area contributed by atoms with Gasteiger partial charge in [0.15, 0.2) is 0 Å². The Morgan fingerprint density at radius 3 is 1.88 bits per heavy atom. The number of aromatic hydroxyl groups is 1. The van der Waals surface area contributed by atoms with E-state index in [4.69, 9.17) is 26.9 Å². The molecule has 0 aliphatic carbocycles. The van der Waals surface area contributed by atoms with E-state index in [1.807, 2.05) is 135 Å². The summed E-state index contributed by atoms with van der Waals surface area (Å²) in [5.74, 6) is 0.346. The number of hydrogen-bond acceptors (Lipinski definition) is 3. The van der Waals surface area contributed by atoms with Crippen molar-refractivity contribution in [1.29, 1.82) is 0 Å². The molecule has 334 valence electrons. The molecule has 0 atom stereocenters. The first kappa shape index (κ1) is 30.0. The van der Waals surface area contributed by atoms with Crippen molar-refractivity contribution in [2.45, 2.75) is 85.2 Å². The van der Waals surface area contributed by atoms with Gasteiger partial charge in [0.25, 0.3) is 0 Å². The van der Waals surface area contributed by atoms with E-state index >= 15 is 0 Å². The molecule has 1 N–H and O–H groups in total. The van der Waals surface area contributed by atoms with Crippen molar-refractivity contribution in [1.82, 2.24) is 14.5 Å². The molecule has 0 radical (unpaired) electrons. The van der Waals surface area contributed by atoms with Crippen LogP contribution >= 0.6 is 0 Å². The average Bonchev–Trinajstić information content (AvgIpc) is 3.78. The molecular weight excluding hydrogens is 986 g/mol. The molecule has 2 aromatic heterocycles. The van der Waals surface area contributed by atoms with Crippen LogP contribution < -0.4 is 0 Å². The van der Waals surface area contributed by atoms with Crippen LogP contribution in [-0.4, -0.2) is 19.6 Å². The number of aromatic nitrogens is 3. The first-order valence-electron chi connectivity index (χ1n) is 29.4. The van der Waals surface area contributed by atoms with Crippen molar-refractivity contribution in [3.05, 3.63) is 192 Å². The molecule has 5 heteroatoms. The summed E-state index contributed by atoms with van der Waals surface area (Å²) in [5, 5.41) is 12.5. The maximum Gasteiger partial charge on any atom is 0.148 e. The normalized spacial score (nSPS) is 16.3. The summed E-state index contributed by atoms with van der Waals surface area (Å²) >= 11 is 0. The first-order chi connectivity index (χ1) is 37.6. The Hall–Kier alpha value is -6.35. The molecule has 2 heterocycles. The number of rotatable bonds is 7. The molecule has 0 unspecified atom stereocenters. The van der Waals surface area contributed by atoms with Gasteiger partial charge >= 0.3 is 0 Å². The largest absolute Gasteiger partial charge is 0.507 e. The zero-order valence-corrected chi connectivity index (χ0v) is 39.7.